The van der Waals surface area contributed by atoms with Gasteiger partial charge in [-0.05, 0) is 18.8 Å². The van der Waals surface area contributed by atoms with E-state index < -0.39 is 0 Å². The van der Waals surface area contributed by atoms with Gasteiger partial charge in [-0.1, -0.05) is 46.0 Å². The lowest BCUT2D eigenvalue weighted by molar-refractivity contribution is -0.122. The third-order valence-electron chi connectivity index (χ3n) is 3.55. The van der Waals surface area contributed by atoms with Gasteiger partial charge in [0.05, 0.1) is 0 Å². The summed E-state index contributed by atoms with van der Waals surface area (Å²) in [4.78, 5) is 11.7. The summed E-state index contributed by atoms with van der Waals surface area (Å²) in [5.74, 6) is 1.67. The molecule has 0 amide bonds. The highest BCUT2D eigenvalue weighted by molar-refractivity contribution is 5.80. The van der Waals surface area contributed by atoms with Gasteiger partial charge in [0.25, 0.3) is 0 Å². The third kappa shape index (κ3) is 3.81. The van der Waals surface area contributed by atoms with Crippen LogP contribution >= 0.6 is 0 Å². The standard InChI is InChI=1S/C13H24O/c1-3-6-11(2)13(14)10-9-12-7-4-5-8-12/h11-12H,3-10H2,1-2H3. The smallest absolute Gasteiger partial charge is 0.135 e. The van der Waals surface area contributed by atoms with E-state index >= 15 is 0 Å². The minimum Gasteiger partial charge on any atom is -0.299 e. The molecule has 82 valence electrons. The van der Waals surface area contributed by atoms with E-state index in [2.05, 4.69) is 13.8 Å². The Labute approximate surface area is 88.3 Å². The van der Waals surface area contributed by atoms with Gasteiger partial charge in [0.2, 0.25) is 0 Å². The predicted molar refractivity (Wildman–Crippen MR) is 60.3 cm³/mol. The monoisotopic (exact) mass is 196 g/mol. The van der Waals surface area contributed by atoms with E-state index in [0.717, 1.165) is 31.6 Å². The lowest BCUT2D eigenvalue weighted by atomic mass is 9.93. The molecule has 1 aliphatic carbocycles. The van der Waals surface area contributed by atoms with Crippen molar-refractivity contribution in [2.45, 2.75) is 65.2 Å². The van der Waals surface area contributed by atoms with Crippen molar-refractivity contribution in [1.29, 1.82) is 0 Å². The maximum atomic E-state index is 11.7. The molecule has 1 atom stereocenters. The van der Waals surface area contributed by atoms with Crippen molar-refractivity contribution in [1.82, 2.24) is 0 Å². The van der Waals surface area contributed by atoms with E-state index in [1.54, 1.807) is 0 Å². The van der Waals surface area contributed by atoms with Crippen LogP contribution in [-0.4, -0.2) is 5.78 Å². The Bertz CT molecular complexity index is 168. The number of carbonyl (C=O) groups is 1. The summed E-state index contributed by atoms with van der Waals surface area (Å²) >= 11 is 0. The molecule has 1 saturated carbocycles. The van der Waals surface area contributed by atoms with E-state index in [0.29, 0.717) is 11.7 Å². The summed E-state index contributed by atoms with van der Waals surface area (Å²) in [5.41, 5.74) is 0. The molecule has 0 spiro atoms. The van der Waals surface area contributed by atoms with Crippen molar-refractivity contribution in [3.05, 3.63) is 0 Å². The first-order valence-electron chi connectivity index (χ1n) is 6.26. The van der Waals surface area contributed by atoms with Crippen molar-refractivity contribution in [3.63, 3.8) is 0 Å². The number of Topliss-reactive ketones (excluding diaryl/α,β-unsaturated/α-hetero) is 1. The van der Waals surface area contributed by atoms with Crippen molar-refractivity contribution < 1.29 is 4.79 Å². The molecule has 0 N–H and O–H groups in total. The van der Waals surface area contributed by atoms with E-state index in [1.165, 1.54) is 25.7 Å². The molecule has 14 heavy (non-hydrogen) atoms. The molecule has 1 aliphatic rings. The van der Waals surface area contributed by atoms with Crippen molar-refractivity contribution in [2.24, 2.45) is 11.8 Å². The van der Waals surface area contributed by atoms with Crippen molar-refractivity contribution in [2.75, 3.05) is 0 Å². The molecule has 1 fully saturated rings. The zero-order valence-corrected chi connectivity index (χ0v) is 9.72. The van der Waals surface area contributed by atoms with Gasteiger partial charge in [-0.25, -0.2) is 0 Å². The SMILES string of the molecule is CCCC(C)C(=O)CCC1CCCC1. The number of hydrogen-bond acceptors (Lipinski definition) is 1. The lowest BCUT2D eigenvalue weighted by Gasteiger charge is -2.11. The van der Waals surface area contributed by atoms with Crippen LogP contribution in [0.4, 0.5) is 0 Å². The van der Waals surface area contributed by atoms with Gasteiger partial charge < -0.3 is 0 Å². The highest BCUT2D eigenvalue weighted by Crippen LogP contribution is 2.29. The quantitative estimate of drug-likeness (QED) is 0.628. The molecule has 0 aliphatic heterocycles. The molecule has 0 bridgehead atoms. The fourth-order valence-electron chi connectivity index (χ4n) is 2.49. The lowest BCUT2D eigenvalue weighted by Crippen LogP contribution is -2.11. The number of carbonyl (C=O) groups excluding carboxylic acids is 1. The molecule has 0 saturated heterocycles. The summed E-state index contributed by atoms with van der Waals surface area (Å²) in [6, 6.07) is 0. The van der Waals surface area contributed by atoms with E-state index in [4.69, 9.17) is 0 Å². The molecule has 0 heterocycles. The summed E-state index contributed by atoms with van der Waals surface area (Å²) in [6.07, 6.45) is 9.73. The zero-order chi connectivity index (χ0) is 10.4. The Morgan fingerprint density at radius 2 is 2.00 bits per heavy atom. The molecule has 0 radical (unpaired) electrons. The predicted octanol–water partition coefficient (Wildman–Crippen LogP) is 3.96. The van der Waals surface area contributed by atoms with Crippen LogP contribution in [0.15, 0.2) is 0 Å². The Hall–Kier alpha value is -0.330. The van der Waals surface area contributed by atoms with E-state index in [1.807, 2.05) is 0 Å². The maximum absolute atomic E-state index is 11.7. The Morgan fingerprint density at radius 1 is 1.36 bits per heavy atom. The van der Waals surface area contributed by atoms with Gasteiger partial charge in [-0.2, -0.15) is 0 Å². The van der Waals surface area contributed by atoms with Crippen LogP contribution in [0, 0.1) is 11.8 Å². The van der Waals surface area contributed by atoms with Crippen LogP contribution < -0.4 is 0 Å². The topological polar surface area (TPSA) is 17.1 Å². The van der Waals surface area contributed by atoms with Gasteiger partial charge in [0.15, 0.2) is 0 Å². The molecular formula is C13H24O. The zero-order valence-electron chi connectivity index (χ0n) is 9.72. The van der Waals surface area contributed by atoms with Crippen molar-refractivity contribution in [3.8, 4) is 0 Å². The first-order chi connectivity index (χ1) is 6.74. The average Bonchev–Trinajstić information content (AvgIpc) is 2.67. The van der Waals surface area contributed by atoms with Crippen LogP contribution in [0.3, 0.4) is 0 Å². The van der Waals surface area contributed by atoms with Gasteiger partial charge >= 0.3 is 0 Å². The minimum atomic E-state index is 0.307. The summed E-state index contributed by atoms with van der Waals surface area (Å²) in [7, 11) is 0. The first kappa shape index (κ1) is 11.7. The third-order valence-corrected chi connectivity index (χ3v) is 3.55. The molecule has 0 aromatic carbocycles. The van der Waals surface area contributed by atoms with Gasteiger partial charge in [-0.3, -0.25) is 4.79 Å². The van der Waals surface area contributed by atoms with Crippen LogP contribution in [0.25, 0.3) is 0 Å². The molecular weight excluding hydrogens is 172 g/mol. The molecule has 0 aromatic rings. The highest BCUT2D eigenvalue weighted by Gasteiger charge is 2.18. The Kier molecular flexibility index (Phi) is 5.21. The second kappa shape index (κ2) is 6.21. The molecule has 0 aromatic heterocycles. The number of rotatable bonds is 6. The van der Waals surface area contributed by atoms with Gasteiger partial charge in [0, 0.05) is 12.3 Å². The number of ketones is 1. The Morgan fingerprint density at radius 3 is 2.57 bits per heavy atom. The molecule has 1 nitrogen and oxygen atoms in total. The van der Waals surface area contributed by atoms with Gasteiger partial charge in [0.1, 0.15) is 5.78 Å². The Balaban J connectivity index is 2.13. The van der Waals surface area contributed by atoms with E-state index in [-0.39, 0.29) is 0 Å². The van der Waals surface area contributed by atoms with Crippen LogP contribution in [0.1, 0.15) is 65.2 Å². The second-order valence-corrected chi connectivity index (χ2v) is 4.85. The fraction of sp³-hybridized carbons (Fsp3) is 0.923. The molecule has 1 heteroatoms. The largest absolute Gasteiger partial charge is 0.299 e. The number of hydrogen-bond donors (Lipinski definition) is 0. The van der Waals surface area contributed by atoms with Crippen molar-refractivity contribution >= 4 is 5.78 Å². The summed E-state index contributed by atoms with van der Waals surface area (Å²) in [6.45, 7) is 4.24. The molecule has 1 rings (SSSR count). The second-order valence-electron chi connectivity index (χ2n) is 4.85. The summed E-state index contributed by atoms with van der Waals surface area (Å²) < 4.78 is 0. The normalized spacial score (nSPS) is 19.9. The summed E-state index contributed by atoms with van der Waals surface area (Å²) in [5, 5.41) is 0. The van der Waals surface area contributed by atoms with Gasteiger partial charge in [-0.15, -0.1) is 0 Å². The van der Waals surface area contributed by atoms with E-state index in [9.17, 15) is 4.79 Å². The molecule has 1 unspecified atom stereocenters. The average molecular weight is 196 g/mol. The minimum absolute atomic E-state index is 0.307. The van der Waals surface area contributed by atoms with Crippen LogP contribution in [-0.2, 0) is 4.79 Å². The fourth-order valence-corrected chi connectivity index (χ4v) is 2.49. The highest BCUT2D eigenvalue weighted by atomic mass is 16.1. The van der Waals surface area contributed by atoms with Crippen LogP contribution in [0.2, 0.25) is 0 Å². The first-order valence-corrected chi connectivity index (χ1v) is 6.26. The maximum Gasteiger partial charge on any atom is 0.135 e. The van der Waals surface area contributed by atoms with Crippen LogP contribution in [0.5, 0.6) is 0 Å².